The van der Waals surface area contributed by atoms with Gasteiger partial charge in [-0.15, -0.1) is 0 Å². The first-order chi connectivity index (χ1) is 9.52. The molecule has 1 amide bonds. The van der Waals surface area contributed by atoms with E-state index in [2.05, 4.69) is 18.6 Å². The molecule has 116 valence electrons. The Bertz CT molecular complexity index is 317. The maximum atomic E-state index is 12.0. The standard InChI is InChI=1S/C15H27NO4/c1-12(2)5-4-6-13-11-16(9-10-20-13)14(17)7-8-15(18)19-3/h12-13H,4-11H2,1-3H3/t13-/m1/s1. The van der Waals surface area contributed by atoms with E-state index in [1.54, 1.807) is 0 Å². The van der Waals surface area contributed by atoms with Crippen molar-refractivity contribution in [1.82, 2.24) is 4.90 Å². The van der Waals surface area contributed by atoms with Crippen LogP contribution in [0.4, 0.5) is 0 Å². The van der Waals surface area contributed by atoms with Gasteiger partial charge in [-0.1, -0.05) is 26.7 Å². The number of esters is 1. The summed E-state index contributed by atoms with van der Waals surface area (Å²) >= 11 is 0. The van der Waals surface area contributed by atoms with Gasteiger partial charge in [0.15, 0.2) is 0 Å². The molecule has 0 bridgehead atoms. The van der Waals surface area contributed by atoms with E-state index in [-0.39, 0.29) is 30.8 Å². The Kier molecular flexibility index (Phi) is 7.59. The van der Waals surface area contributed by atoms with Crippen LogP contribution in [0.15, 0.2) is 0 Å². The fourth-order valence-electron chi connectivity index (χ4n) is 2.34. The topological polar surface area (TPSA) is 55.8 Å². The van der Waals surface area contributed by atoms with Crippen LogP contribution in [0.25, 0.3) is 0 Å². The van der Waals surface area contributed by atoms with Gasteiger partial charge < -0.3 is 14.4 Å². The summed E-state index contributed by atoms with van der Waals surface area (Å²) in [6, 6.07) is 0. The SMILES string of the molecule is COC(=O)CCC(=O)N1CCO[C@H](CCCC(C)C)C1. The molecule has 0 radical (unpaired) electrons. The first-order valence-electron chi connectivity index (χ1n) is 7.49. The third-order valence-electron chi connectivity index (χ3n) is 3.57. The van der Waals surface area contributed by atoms with Crippen molar-refractivity contribution >= 4 is 11.9 Å². The first kappa shape index (κ1) is 17.0. The van der Waals surface area contributed by atoms with Crippen molar-refractivity contribution in [2.75, 3.05) is 26.8 Å². The molecule has 5 nitrogen and oxygen atoms in total. The van der Waals surface area contributed by atoms with Crippen LogP contribution in [0, 0.1) is 5.92 Å². The highest BCUT2D eigenvalue weighted by atomic mass is 16.5. The second kappa shape index (κ2) is 8.95. The Labute approximate surface area is 121 Å². The smallest absolute Gasteiger partial charge is 0.306 e. The minimum atomic E-state index is -0.333. The van der Waals surface area contributed by atoms with E-state index >= 15 is 0 Å². The van der Waals surface area contributed by atoms with E-state index in [1.807, 2.05) is 4.90 Å². The molecular formula is C15H27NO4. The van der Waals surface area contributed by atoms with Crippen LogP contribution in [-0.4, -0.2) is 49.7 Å². The summed E-state index contributed by atoms with van der Waals surface area (Å²) in [7, 11) is 1.34. The highest BCUT2D eigenvalue weighted by Gasteiger charge is 2.24. The summed E-state index contributed by atoms with van der Waals surface area (Å²) in [5.41, 5.74) is 0. The van der Waals surface area contributed by atoms with Gasteiger partial charge in [-0.2, -0.15) is 0 Å². The van der Waals surface area contributed by atoms with Crippen molar-refractivity contribution < 1.29 is 19.1 Å². The summed E-state index contributed by atoms with van der Waals surface area (Å²) < 4.78 is 10.3. The van der Waals surface area contributed by atoms with Crippen LogP contribution in [0.3, 0.4) is 0 Å². The molecule has 1 fully saturated rings. The molecular weight excluding hydrogens is 258 g/mol. The molecule has 20 heavy (non-hydrogen) atoms. The second-order valence-electron chi connectivity index (χ2n) is 5.73. The highest BCUT2D eigenvalue weighted by molar-refractivity contribution is 5.81. The zero-order chi connectivity index (χ0) is 15.0. The van der Waals surface area contributed by atoms with E-state index in [0.29, 0.717) is 25.6 Å². The minimum absolute atomic E-state index is 0.0209. The molecule has 0 saturated carbocycles. The largest absolute Gasteiger partial charge is 0.469 e. The maximum absolute atomic E-state index is 12.0. The van der Waals surface area contributed by atoms with Crippen molar-refractivity contribution in [3.8, 4) is 0 Å². The average Bonchev–Trinajstić information content (AvgIpc) is 2.44. The van der Waals surface area contributed by atoms with Gasteiger partial charge in [0.05, 0.1) is 26.2 Å². The molecule has 0 N–H and O–H groups in total. The average molecular weight is 285 g/mol. The number of ether oxygens (including phenoxy) is 2. The van der Waals surface area contributed by atoms with E-state index in [9.17, 15) is 9.59 Å². The first-order valence-corrected chi connectivity index (χ1v) is 7.49. The summed E-state index contributed by atoms with van der Waals surface area (Å²) in [5.74, 6) is 0.393. The predicted octanol–water partition coefficient (Wildman–Crippen LogP) is 1.99. The van der Waals surface area contributed by atoms with Gasteiger partial charge >= 0.3 is 5.97 Å². The third-order valence-corrected chi connectivity index (χ3v) is 3.57. The van der Waals surface area contributed by atoms with Crippen LogP contribution in [0.1, 0.15) is 46.0 Å². The van der Waals surface area contributed by atoms with Gasteiger partial charge in [0.2, 0.25) is 5.91 Å². The number of methoxy groups -OCH3 is 1. The number of morpholine rings is 1. The summed E-state index contributed by atoms with van der Waals surface area (Å²) in [4.78, 5) is 24.9. The zero-order valence-electron chi connectivity index (χ0n) is 12.9. The Morgan fingerprint density at radius 1 is 1.35 bits per heavy atom. The van der Waals surface area contributed by atoms with E-state index in [4.69, 9.17) is 4.74 Å². The lowest BCUT2D eigenvalue weighted by molar-refractivity contribution is -0.146. The number of amides is 1. The number of rotatable bonds is 7. The van der Waals surface area contributed by atoms with E-state index in [0.717, 1.165) is 12.8 Å². The maximum Gasteiger partial charge on any atom is 0.306 e. The van der Waals surface area contributed by atoms with E-state index < -0.39 is 0 Å². The van der Waals surface area contributed by atoms with Crippen LogP contribution in [-0.2, 0) is 19.1 Å². The molecule has 0 unspecified atom stereocenters. The van der Waals surface area contributed by atoms with Crippen LogP contribution >= 0.6 is 0 Å². The lowest BCUT2D eigenvalue weighted by Crippen LogP contribution is -2.45. The van der Waals surface area contributed by atoms with Gasteiger partial charge in [-0.3, -0.25) is 9.59 Å². The summed E-state index contributed by atoms with van der Waals surface area (Å²) in [5, 5.41) is 0. The van der Waals surface area contributed by atoms with Crippen molar-refractivity contribution in [1.29, 1.82) is 0 Å². The molecule has 0 aliphatic carbocycles. The van der Waals surface area contributed by atoms with Gasteiger partial charge in [0.25, 0.3) is 0 Å². The van der Waals surface area contributed by atoms with Crippen LogP contribution in [0.2, 0.25) is 0 Å². The summed E-state index contributed by atoms with van der Waals surface area (Å²) in [6.45, 7) is 6.30. The fraction of sp³-hybridized carbons (Fsp3) is 0.867. The molecule has 1 saturated heterocycles. The number of carbonyl (C=O) groups is 2. The molecule has 0 aromatic rings. The monoisotopic (exact) mass is 285 g/mol. The van der Waals surface area contributed by atoms with E-state index in [1.165, 1.54) is 13.5 Å². The Hall–Kier alpha value is -1.10. The molecule has 5 heteroatoms. The highest BCUT2D eigenvalue weighted by Crippen LogP contribution is 2.15. The minimum Gasteiger partial charge on any atom is -0.469 e. The van der Waals surface area contributed by atoms with Crippen molar-refractivity contribution in [2.24, 2.45) is 5.92 Å². The normalized spacial score (nSPS) is 19.2. The third kappa shape index (κ3) is 6.37. The number of nitrogens with zero attached hydrogens (tertiary/aromatic N) is 1. The molecule has 1 atom stereocenters. The van der Waals surface area contributed by atoms with Gasteiger partial charge in [-0.05, 0) is 12.3 Å². The van der Waals surface area contributed by atoms with Crippen molar-refractivity contribution in [3.05, 3.63) is 0 Å². The summed E-state index contributed by atoms with van der Waals surface area (Å²) in [6.07, 6.45) is 3.85. The molecule has 1 rings (SSSR count). The van der Waals surface area contributed by atoms with Crippen molar-refractivity contribution in [3.63, 3.8) is 0 Å². The lowest BCUT2D eigenvalue weighted by Gasteiger charge is -2.33. The predicted molar refractivity (Wildman–Crippen MR) is 76.3 cm³/mol. The number of carbonyl (C=O) groups excluding carboxylic acids is 2. The van der Waals surface area contributed by atoms with Crippen LogP contribution in [0.5, 0.6) is 0 Å². The quantitative estimate of drug-likeness (QED) is 0.671. The van der Waals surface area contributed by atoms with Gasteiger partial charge in [0, 0.05) is 19.5 Å². The molecule has 0 aromatic carbocycles. The number of hydrogen-bond donors (Lipinski definition) is 0. The molecule has 1 aliphatic rings. The fourth-order valence-corrected chi connectivity index (χ4v) is 2.34. The lowest BCUT2D eigenvalue weighted by atomic mass is 10.0. The molecule has 1 heterocycles. The second-order valence-corrected chi connectivity index (χ2v) is 5.73. The number of hydrogen-bond acceptors (Lipinski definition) is 4. The zero-order valence-corrected chi connectivity index (χ0v) is 12.9. The van der Waals surface area contributed by atoms with Gasteiger partial charge in [-0.25, -0.2) is 0 Å². The Morgan fingerprint density at radius 2 is 2.10 bits per heavy atom. The van der Waals surface area contributed by atoms with Crippen molar-refractivity contribution in [2.45, 2.75) is 52.1 Å². The molecule has 0 spiro atoms. The molecule has 0 aromatic heterocycles. The molecule has 1 aliphatic heterocycles. The Morgan fingerprint density at radius 3 is 2.75 bits per heavy atom. The van der Waals surface area contributed by atoms with Crippen LogP contribution < -0.4 is 0 Å². The van der Waals surface area contributed by atoms with Gasteiger partial charge in [0.1, 0.15) is 0 Å². The Balaban J connectivity index is 2.28.